The number of benzene rings is 1. The average Bonchev–Trinajstić information content (AvgIpc) is 2.87. The summed E-state index contributed by atoms with van der Waals surface area (Å²) in [6, 6.07) is 8.23. The molecule has 0 fully saturated rings. The normalized spacial score (nSPS) is 11.1. The summed E-state index contributed by atoms with van der Waals surface area (Å²) >= 11 is 0. The maximum Gasteiger partial charge on any atom is 0.165 e. The lowest BCUT2D eigenvalue weighted by molar-refractivity contribution is 0.865. The first-order valence-electron chi connectivity index (χ1n) is 5.20. The molecule has 0 saturated heterocycles. The second kappa shape index (κ2) is 3.20. The standard InChI is InChI=1S/C12H12N4/c1-8-14-15-12(16(8)2)10-5-3-4-9-6-7-13-11(9)10/h3-7,13H,1-2H3. The van der Waals surface area contributed by atoms with E-state index in [1.165, 1.54) is 5.39 Å². The molecule has 0 bridgehead atoms. The minimum atomic E-state index is 0.894. The number of para-hydroxylation sites is 1. The van der Waals surface area contributed by atoms with Crippen LogP contribution in [0.5, 0.6) is 0 Å². The third-order valence-electron chi connectivity index (χ3n) is 2.92. The van der Waals surface area contributed by atoms with Gasteiger partial charge in [-0.25, -0.2) is 0 Å². The predicted octanol–water partition coefficient (Wildman–Crippen LogP) is 2.27. The Labute approximate surface area is 92.9 Å². The summed E-state index contributed by atoms with van der Waals surface area (Å²) in [5.41, 5.74) is 2.20. The van der Waals surface area contributed by atoms with Gasteiger partial charge >= 0.3 is 0 Å². The van der Waals surface area contributed by atoms with Crippen molar-refractivity contribution in [1.29, 1.82) is 0 Å². The first-order chi connectivity index (χ1) is 7.77. The van der Waals surface area contributed by atoms with E-state index in [1.807, 2.05) is 30.8 Å². The number of hydrogen-bond acceptors (Lipinski definition) is 2. The summed E-state index contributed by atoms with van der Waals surface area (Å²) in [6.07, 6.45) is 1.94. The summed E-state index contributed by atoms with van der Waals surface area (Å²) < 4.78 is 2.00. The van der Waals surface area contributed by atoms with Crippen LogP contribution < -0.4 is 0 Å². The van der Waals surface area contributed by atoms with Gasteiger partial charge in [-0.1, -0.05) is 12.1 Å². The second-order valence-corrected chi connectivity index (χ2v) is 3.88. The minimum absolute atomic E-state index is 0.894. The monoisotopic (exact) mass is 212 g/mol. The van der Waals surface area contributed by atoms with E-state index in [2.05, 4.69) is 33.4 Å². The Morgan fingerprint density at radius 2 is 2.06 bits per heavy atom. The Bertz CT molecular complexity index is 648. The maximum atomic E-state index is 4.21. The molecule has 4 nitrogen and oxygen atoms in total. The molecule has 2 heterocycles. The van der Waals surface area contributed by atoms with Gasteiger partial charge in [-0.3, -0.25) is 0 Å². The highest BCUT2D eigenvalue weighted by atomic mass is 15.3. The Morgan fingerprint density at radius 1 is 1.19 bits per heavy atom. The molecule has 0 aliphatic rings. The SMILES string of the molecule is Cc1nnc(-c2cccc3cc[nH]c23)n1C. The fourth-order valence-corrected chi connectivity index (χ4v) is 1.91. The van der Waals surface area contributed by atoms with Crippen molar-refractivity contribution in [3.63, 3.8) is 0 Å². The molecule has 80 valence electrons. The van der Waals surface area contributed by atoms with Crippen LogP contribution in [0.4, 0.5) is 0 Å². The van der Waals surface area contributed by atoms with Crippen molar-refractivity contribution in [2.45, 2.75) is 6.92 Å². The van der Waals surface area contributed by atoms with Gasteiger partial charge in [-0.15, -0.1) is 10.2 Å². The van der Waals surface area contributed by atoms with Crippen molar-refractivity contribution in [2.75, 3.05) is 0 Å². The summed E-state index contributed by atoms with van der Waals surface area (Å²) in [6.45, 7) is 1.95. The summed E-state index contributed by atoms with van der Waals surface area (Å²) in [4.78, 5) is 3.24. The van der Waals surface area contributed by atoms with E-state index in [0.29, 0.717) is 0 Å². The van der Waals surface area contributed by atoms with Crippen LogP contribution in [0.1, 0.15) is 5.82 Å². The summed E-state index contributed by atoms with van der Waals surface area (Å²) in [7, 11) is 1.98. The first kappa shape index (κ1) is 9.15. The van der Waals surface area contributed by atoms with Gasteiger partial charge in [0.05, 0.1) is 5.52 Å². The van der Waals surface area contributed by atoms with Crippen LogP contribution in [-0.2, 0) is 7.05 Å². The van der Waals surface area contributed by atoms with Gasteiger partial charge in [0.1, 0.15) is 5.82 Å². The minimum Gasteiger partial charge on any atom is -0.361 e. The van der Waals surface area contributed by atoms with E-state index in [1.54, 1.807) is 0 Å². The first-order valence-corrected chi connectivity index (χ1v) is 5.20. The van der Waals surface area contributed by atoms with E-state index in [9.17, 15) is 0 Å². The lowest BCUT2D eigenvalue weighted by Crippen LogP contribution is -1.95. The number of H-pyrrole nitrogens is 1. The molecule has 0 aliphatic carbocycles. The van der Waals surface area contributed by atoms with Gasteiger partial charge in [0.15, 0.2) is 5.82 Å². The van der Waals surface area contributed by atoms with Gasteiger partial charge in [0.2, 0.25) is 0 Å². The highest BCUT2D eigenvalue weighted by Crippen LogP contribution is 2.25. The van der Waals surface area contributed by atoms with E-state index < -0.39 is 0 Å². The lowest BCUT2D eigenvalue weighted by atomic mass is 10.1. The third kappa shape index (κ3) is 1.16. The average molecular weight is 212 g/mol. The van der Waals surface area contributed by atoms with E-state index in [0.717, 1.165) is 22.7 Å². The van der Waals surface area contributed by atoms with Crippen LogP contribution in [0.3, 0.4) is 0 Å². The zero-order valence-corrected chi connectivity index (χ0v) is 9.23. The molecule has 0 unspecified atom stereocenters. The molecule has 1 aromatic carbocycles. The molecule has 3 aromatic rings. The van der Waals surface area contributed by atoms with Crippen molar-refractivity contribution >= 4 is 10.9 Å². The Kier molecular flexibility index (Phi) is 1.83. The molecule has 1 N–H and O–H groups in total. The molecular weight excluding hydrogens is 200 g/mol. The summed E-state index contributed by atoms with van der Waals surface area (Å²) in [5.74, 6) is 1.81. The van der Waals surface area contributed by atoms with Crippen LogP contribution in [-0.4, -0.2) is 19.7 Å². The number of aromatic nitrogens is 4. The Hall–Kier alpha value is -2.10. The maximum absolute atomic E-state index is 4.21. The van der Waals surface area contributed by atoms with Crippen LogP contribution in [0.2, 0.25) is 0 Å². The molecule has 2 aromatic heterocycles. The van der Waals surface area contributed by atoms with E-state index >= 15 is 0 Å². The fourth-order valence-electron chi connectivity index (χ4n) is 1.91. The number of rotatable bonds is 1. The second-order valence-electron chi connectivity index (χ2n) is 3.88. The van der Waals surface area contributed by atoms with Gasteiger partial charge in [0, 0.05) is 24.2 Å². The molecule has 16 heavy (non-hydrogen) atoms. The van der Waals surface area contributed by atoms with Gasteiger partial charge in [0.25, 0.3) is 0 Å². The molecule has 4 heteroatoms. The highest BCUT2D eigenvalue weighted by molar-refractivity contribution is 5.92. The van der Waals surface area contributed by atoms with Crippen LogP contribution in [0, 0.1) is 6.92 Å². The van der Waals surface area contributed by atoms with Crippen LogP contribution in [0.15, 0.2) is 30.5 Å². The van der Waals surface area contributed by atoms with Crippen LogP contribution in [0.25, 0.3) is 22.3 Å². The van der Waals surface area contributed by atoms with E-state index in [4.69, 9.17) is 0 Å². The number of hydrogen-bond donors (Lipinski definition) is 1. The zero-order chi connectivity index (χ0) is 11.1. The predicted molar refractivity (Wildman–Crippen MR) is 63.0 cm³/mol. The molecule has 0 aliphatic heterocycles. The van der Waals surface area contributed by atoms with Gasteiger partial charge in [-0.2, -0.15) is 0 Å². The number of aromatic amines is 1. The molecule has 0 saturated carbocycles. The molecule has 0 amide bonds. The summed E-state index contributed by atoms with van der Waals surface area (Å²) in [5, 5.41) is 9.48. The van der Waals surface area contributed by atoms with Gasteiger partial charge in [-0.05, 0) is 19.1 Å². The zero-order valence-electron chi connectivity index (χ0n) is 9.23. The number of nitrogens with one attached hydrogen (secondary N) is 1. The molecular formula is C12H12N4. The topological polar surface area (TPSA) is 46.5 Å². The van der Waals surface area contributed by atoms with Crippen molar-refractivity contribution in [3.8, 4) is 11.4 Å². The van der Waals surface area contributed by atoms with Crippen molar-refractivity contribution in [3.05, 3.63) is 36.3 Å². The van der Waals surface area contributed by atoms with Crippen molar-refractivity contribution < 1.29 is 0 Å². The van der Waals surface area contributed by atoms with Crippen LogP contribution >= 0.6 is 0 Å². The number of aryl methyl sites for hydroxylation is 1. The highest BCUT2D eigenvalue weighted by Gasteiger charge is 2.11. The van der Waals surface area contributed by atoms with Crippen molar-refractivity contribution in [1.82, 2.24) is 19.7 Å². The fraction of sp³-hybridized carbons (Fsp3) is 0.167. The molecule has 3 rings (SSSR count). The lowest BCUT2D eigenvalue weighted by Gasteiger charge is -2.03. The smallest absolute Gasteiger partial charge is 0.165 e. The number of nitrogens with zero attached hydrogens (tertiary/aromatic N) is 3. The Morgan fingerprint density at radius 3 is 2.81 bits per heavy atom. The third-order valence-corrected chi connectivity index (χ3v) is 2.92. The van der Waals surface area contributed by atoms with Crippen molar-refractivity contribution in [2.24, 2.45) is 7.05 Å². The largest absolute Gasteiger partial charge is 0.361 e. The number of fused-ring (bicyclic) bond motifs is 1. The molecule has 0 atom stereocenters. The Balaban J connectivity index is 2.33. The quantitative estimate of drug-likeness (QED) is 0.672. The molecule has 0 radical (unpaired) electrons. The van der Waals surface area contributed by atoms with E-state index in [-0.39, 0.29) is 0 Å². The van der Waals surface area contributed by atoms with Gasteiger partial charge < -0.3 is 9.55 Å². The molecule has 0 spiro atoms.